The third kappa shape index (κ3) is 8.53. The number of carboxylic acid groups (broad SMARTS) is 1. The topological polar surface area (TPSA) is 95.5 Å². The Kier molecular flexibility index (Phi) is 10.6. The van der Waals surface area contributed by atoms with Crippen LogP contribution < -0.4 is 10.6 Å². The minimum atomic E-state index is -4.89. The zero-order valence-corrected chi connectivity index (χ0v) is 23.6. The molecule has 1 fully saturated rings. The van der Waals surface area contributed by atoms with Gasteiger partial charge in [-0.2, -0.15) is 13.2 Å². The van der Waals surface area contributed by atoms with Gasteiger partial charge in [-0.3, -0.25) is 14.4 Å². The van der Waals surface area contributed by atoms with E-state index in [1.165, 1.54) is 0 Å². The van der Waals surface area contributed by atoms with Crippen LogP contribution >= 0.6 is 0 Å². The Bertz CT molecular complexity index is 1220. The molecular formula is C31H38F4N2O4. The van der Waals surface area contributed by atoms with E-state index in [2.05, 4.69) is 31.4 Å². The van der Waals surface area contributed by atoms with Gasteiger partial charge in [-0.15, -0.1) is 0 Å². The Labute approximate surface area is 237 Å². The van der Waals surface area contributed by atoms with Crippen molar-refractivity contribution in [2.75, 3.05) is 11.9 Å². The Morgan fingerprint density at radius 3 is 2.20 bits per heavy atom. The van der Waals surface area contributed by atoms with Crippen LogP contribution in [0.4, 0.5) is 23.2 Å². The maximum atomic E-state index is 14.7. The number of rotatable bonds is 11. The average molecular weight is 579 g/mol. The van der Waals surface area contributed by atoms with Crippen LogP contribution in [0.1, 0.15) is 80.8 Å². The van der Waals surface area contributed by atoms with Gasteiger partial charge in [-0.1, -0.05) is 45.4 Å². The quantitative estimate of drug-likeness (QED) is 0.248. The maximum absolute atomic E-state index is 14.7. The number of benzene rings is 2. The monoisotopic (exact) mass is 578 g/mol. The predicted molar refractivity (Wildman–Crippen MR) is 148 cm³/mol. The number of nitrogens with one attached hydrogen (secondary N) is 2. The van der Waals surface area contributed by atoms with Crippen molar-refractivity contribution in [3.63, 3.8) is 0 Å². The maximum Gasteiger partial charge on any atom is 0.419 e. The van der Waals surface area contributed by atoms with Crippen LogP contribution in [0.2, 0.25) is 0 Å². The summed E-state index contributed by atoms with van der Waals surface area (Å²) in [6.45, 7) is 6.61. The Balaban J connectivity index is 1.80. The molecule has 0 heterocycles. The van der Waals surface area contributed by atoms with Gasteiger partial charge in [-0.25, -0.2) is 4.39 Å². The molecule has 0 saturated heterocycles. The molecule has 224 valence electrons. The van der Waals surface area contributed by atoms with E-state index in [4.69, 9.17) is 5.11 Å². The third-order valence-corrected chi connectivity index (χ3v) is 8.55. The number of amides is 2. The summed E-state index contributed by atoms with van der Waals surface area (Å²) < 4.78 is 54.5. The molecule has 0 spiro atoms. The number of alkyl halides is 3. The van der Waals surface area contributed by atoms with Crippen LogP contribution in [0.15, 0.2) is 42.5 Å². The van der Waals surface area contributed by atoms with Crippen LogP contribution in [0.3, 0.4) is 0 Å². The fourth-order valence-electron chi connectivity index (χ4n) is 5.57. The Morgan fingerprint density at radius 2 is 1.63 bits per heavy atom. The normalized spacial score (nSPS) is 18.4. The SMILES string of the molecule is CCC(C)(C)C1CCC(C(Cc2ccc(C(=O)NCCC(=O)O)cc2)C(=O)Nc2cccc(C(F)(F)F)c2F)CC1. The Morgan fingerprint density at radius 1 is 1.00 bits per heavy atom. The Hall–Kier alpha value is -3.43. The van der Waals surface area contributed by atoms with Gasteiger partial charge < -0.3 is 15.7 Å². The van der Waals surface area contributed by atoms with Crippen LogP contribution in [-0.2, 0) is 22.2 Å². The smallest absolute Gasteiger partial charge is 0.419 e. The van der Waals surface area contributed by atoms with Crippen LogP contribution in [-0.4, -0.2) is 29.4 Å². The summed E-state index contributed by atoms with van der Waals surface area (Å²) in [5, 5.41) is 13.7. The van der Waals surface area contributed by atoms with Crippen molar-refractivity contribution in [3.8, 4) is 0 Å². The first-order valence-corrected chi connectivity index (χ1v) is 14.0. The van der Waals surface area contributed by atoms with Gasteiger partial charge in [-0.05, 0) is 79.2 Å². The molecule has 1 unspecified atom stereocenters. The van der Waals surface area contributed by atoms with Gasteiger partial charge in [0.1, 0.15) is 0 Å². The van der Waals surface area contributed by atoms with Crippen LogP contribution in [0.5, 0.6) is 0 Å². The molecule has 0 aromatic heterocycles. The minimum Gasteiger partial charge on any atom is -0.481 e. The fraction of sp³-hybridized carbons (Fsp3) is 0.516. The number of halogens is 4. The highest BCUT2D eigenvalue weighted by Crippen LogP contribution is 2.44. The molecule has 0 bridgehead atoms. The lowest BCUT2D eigenvalue weighted by molar-refractivity contribution is -0.140. The molecule has 2 aromatic rings. The summed E-state index contributed by atoms with van der Waals surface area (Å²) in [6.07, 6.45) is -0.438. The zero-order chi connectivity index (χ0) is 30.4. The van der Waals surface area contributed by atoms with Crippen molar-refractivity contribution in [2.45, 2.75) is 71.9 Å². The highest BCUT2D eigenvalue weighted by molar-refractivity contribution is 5.95. The van der Waals surface area contributed by atoms with Crippen LogP contribution in [0, 0.1) is 29.0 Å². The number of carboxylic acids is 1. The van der Waals surface area contributed by atoms with E-state index >= 15 is 0 Å². The number of hydrogen-bond acceptors (Lipinski definition) is 3. The largest absolute Gasteiger partial charge is 0.481 e. The third-order valence-electron chi connectivity index (χ3n) is 8.55. The highest BCUT2D eigenvalue weighted by Gasteiger charge is 2.38. The molecular weight excluding hydrogens is 540 g/mol. The molecule has 1 saturated carbocycles. The lowest BCUT2D eigenvalue weighted by atomic mass is 9.65. The second kappa shape index (κ2) is 13.5. The molecule has 1 aliphatic carbocycles. The summed E-state index contributed by atoms with van der Waals surface area (Å²) in [6, 6.07) is 9.37. The van der Waals surface area contributed by atoms with Crippen molar-refractivity contribution >= 4 is 23.5 Å². The van der Waals surface area contributed by atoms with Gasteiger partial charge >= 0.3 is 12.1 Å². The van der Waals surface area contributed by atoms with E-state index in [9.17, 15) is 31.9 Å². The van der Waals surface area contributed by atoms with E-state index in [1.807, 2.05) is 0 Å². The lowest BCUT2D eigenvalue weighted by Gasteiger charge is -2.40. The molecule has 3 N–H and O–H groups in total. The first kappa shape index (κ1) is 32.1. The van der Waals surface area contributed by atoms with Crippen LogP contribution in [0.25, 0.3) is 0 Å². The molecule has 1 aliphatic rings. The van der Waals surface area contributed by atoms with E-state index in [0.717, 1.165) is 49.8 Å². The minimum absolute atomic E-state index is 0.0121. The summed E-state index contributed by atoms with van der Waals surface area (Å²) in [5.74, 6) is -3.69. The van der Waals surface area contributed by atoms with Gasteiger partial charge in [0, 0.05) is 18.0 Å². The van der Waals surface area contributed by atoms with Crippen molar-refractivity contribution in [2.24, 2.45) is 23.2 Å². The number of carbonyl (C=O) groups excluding carboxylic acids is 2. The first-order chi connectivity index (χ1) is 19.2. The summed E-state index contributed by atoms with van der Waals surface area (Å²) in [5.41, 5.74) is -0.721. The summed E-state index contributed by atoms with van der Waals surface area (Å²) in [7, 11) is 0. The molecule has 6 nitrogen and oxygen atoms in total. The molecule has 41 heavy (non-hydrogen) atoms. The molecule has 2 aromatic carbocycles. The second-order valence-electron chi connectivity index (χ2n) is 11.5. The second-order valence-corrected chi connectivity index (χ2v) is 11.5. The number of anilines is 1. The average Bonchev–Trinajstić information content (AvgIpc) is 2.92. The van der Waals surface area contributed by atoms with E-state index < -0.39 is 46.9 Å². The number of aliphatic carboxylic acids is 1. The molecule has 0 radical (unpaired) electrons. The molecule has 1 atom stereocenters. The zero-order valence-electron chi connectivity index (χ0n) is 23.6. The van der Waals surface area contributed by atoms with Gasteiger partial charge in [0.2, 0.25) is 5.91 Å². The molecule has 3 rings (SSSR count). The number of hydrogen-bond donors (Lipinski definition) is 3. The first-order valence-electron chi connectivity index (χ1n) is 14.0. The molecule has 2 amide bonds. The molecule has 10 heteroatoms. The van der Waals surface area contributed by atoms with Gasteiger partial charge in [0.25, 0.3) is 5.91 Å². The summed E-state index contributed by atoms with van der Waals surface area (Å²) in [4.78, 5) is 36.5. The van der Waals surface area contributed by atoms with E-state index in [0.29, 0.717) is 17.5 Å². The van der Waals surface area contributed by atoms with Gasteiger partial charge in [0.05, 0.1) is 17.7 Å². The van der Waals surface area contributed by atoms with Crippen molar-refractivity contribution in [3.05, 3.63) is 65.0 Å². The fourth-order valence-corrected chi connectivity index (χ4v) is 5.57. The van der Waals surface area contributed by atoms with E-state index in [1.54, 1.807) is 24.3 Å². The van der Waals surface area contributed by atoms with Crippen molar-refractivity contribution in [1.82, 2.24) is 5.32 Å². The highest BCUT2D eigenvalue weighted by atomic mass is 19.4. The molecule has 0 aliphatic heterocycles. The predicted octanol–water partition coefficient (Wildman–Crippen LogP) is 7.09. The van der Waals surface area contributed by atoms with E-state index in [-0.39, 0.29) is 30.7 Å². The lowest BCUT2D eigenvalue weighted by Crippen LogP contribution is -2.36. The van der Waals surface area contributed by atoms with Gasteiger partial charge in [0.15, 0.2) is 5.82 Å². The number of carbonyl (C=O) groups is 3. The summed E-state index contributed by atoms with van der Waals surface area (Å²) >= 11 is 0. The van der Waals surface area contributed by atoms with Crippen molar-refractivity contribution < 1.29 is 37.1 Å². The van der Waals surface area contributed by atoms with Crippen molar-refractivity contribution in [1.29, 1.82) is 0 Å². The standard InChI is InChI=1S/C31H38F4N2O4/c1-4-30(2,3)22-14-12-20(13-15-22)23(29(41)37-25-7-5-6-24(27(25)32)31(33,34)35)18-19-8-10-21(11-9-19)28(40)36-17-16-26(38)39/h5-11,20,22-23H,4,12-18H2,1-3H3,(H,36,40)(H,37,41)(H,38,39).